The van der Waals surface area contributed by atoms with Crippen LogP contribution in [0.25, 0.3) is 0 Å². The van der Waals surface area contributed by atoms with Gasteiger partial charge in [0, 0.05) is 17.1 Å². The van der Waals surface area contributed by atoms with Crippen molar-refractivity contribution >= 4 is 0 Å². The molecule has 0 aromatic rings. The Hall–Kier alpha value is -0.000519. The van der Waals surface area contributed by atoms with Crippen molar-refractivity contribution in [3.05, 3.63) is 24.3 Å². The van der Waals surface area contributed by atoms with Gasteiger partial charge in [0.2, 0.25) is 0 Å². The molecule has 1 aliphatic carbocycles. The van der Waals surface area contributed by atoms with Gasteiger partial charge in [-0.3, -0.25) is 0 Å². The summed E-state index contributed by atoms with van der Waals surface area (Å²) in [5.74, 6) is 0. The van der Waals surface area contributed by atoms with Crippen molar-refractivity contribution in [3.8, 4) is 0 Å². The van der Waals surface area contributed by atoms with Crippen molar-refractivity contribution in [1.82, 2.24) is 0 Å². The first-order valence-electron chi connectivity index (χ1n) is 3.30. The number of hydrogen-bond donors (Lipinski definition) is 0. The molecule has 0 spiro atoms. The minimum absolute atomic E-state index is 0. The average molecular weight is 172 g/mol. The molecule has 0 atom stereocenters. The van der Waals surface area contributed by atoms with E-state index in [0.29, 0.717) is 0 Å². The van der Waals surface area contributed by atoms with Crippen LogP contribution in [0.2, 0.25) is 0 Å². The molecule has 0 aromatic carbocycles. The molecule has 0 bridgehead atoms. The van der Waals surface area contributed by atoms with Gasteiger partial charge in [0.05, 0.1) is 0 Å². The van der Waals surface area contributed by atoms with E-state index in [-0.39, 0.29) is 17.1 Å². The third kappa shape index (κ3) is 4.50. The van der Waals surface area contributed by atoms with Gasteiger partial charge < -0.3 is 0 Å². The maximum absolute atomic E-state index is 2.27. The molecule has 1 rings (SSSR count). The van der Waals surface area contributed by atoms with Crippen LogP contribution in [0.3, 0.4) is 0 Å². The maximum atomic E-state index is 2.27. The molecular formula is C8H12Cu. The van der Waals surface area contributed by atoms with E-state index in [1.54, 1.807) is 0 Å². The fourth-order valence-corrected chi connectivity index (χ4v) is 0.856. The molecule has 55 valence electrons. The molecule has 0 nitrogen and oxygen atoms in total. The molecule has 1 heteroatoms. The van der Waals surface area contributed by atoms with Crippen molar-refractivity contribution in [3.63, 3.8) is 0 Å². The monoisotopic (exact) mass is 171 g/mol. The van der Waals surface area contributed by atoms with Crippen LogP contribution in [0, 0.1) is 0 Å². The molecule has 0 aliphatic heterocycles. The van der Waals surface area contributed by atoms with Crippen LogP contribution in [0.4, 0.5) is 0 Å². The summed E-state index contributed by atoms with van der Waals surface area (Å²) in [7, 11) is 0. The van der Waals surface area contributed by atoms with Crippen molar-refractivity contribution in [2.45, 2.75) is 25.7 Å². The molecule has 0 unspecified atom stereocenters. The second-order valence-electron chi connectivity index (χ2n) is 2.10. The fraction of sp³-hybridized carbons (Fsp3) is 0.500. The van der Waals surface area contributed by atoms with Gasteiger partial charge in [-0.1, -0.05) is 24.3 Å². The van der Waals surface area contributed by atoms with E-state index in [9.17, 15) is 0 Å². The minimum Gasteiger partial charge on any atom is -0.0882 e. The molecule has 1 aliphatic rings. The molecule has 0 aromatic heterocycles. The third-order valence-electron chi connectivity index (χ3n) is 1.33. The van der Waals surface area contributed by atoms with Gasteiger partial charge in [-0.15, -0.1) is 0 Å². The van der Waals surface area contributed by atoms with Gasteiger partial charge in [-0.25, -0.2) is 0 Å². The van der Waals surface area contributed by atoms with Crippen LogP contribution < -0.4 is 0 Å². The fourth-order valence-electron chi connectivity index (χ4n) is 0.856. The van der Waals surface area contributed by atoms with E-state index in [4.69, 9.17) is 0 Å². The SMILES string of the molecule is C1=CCCC=CCC1.[Cu]. The number of allylic oxidation sites excluding steroid dienone is 4. The third-order valence-corrected chi connectivity index (χ3v) is 1.33. The van der Waals surface area contributed by atoms with Crippen molar-refractivity contribution in [1.29, 1.82) is 0 Å². The summed E-state index contributed by atoms with van der Waals surface area (Å²) in [6.07, 6.45) is 14.0. The Labute approximate surface area is 67.5 Å². The van der Waals surface area contributed by atoms with Gasteiger partial charge in [0.25, 0.3) is 0 Å². The maximum Gasteiger partial charge on any atom is 0 e. The Morgan fingerprint density at radius 2 is 0.778 bits per heavy atom. The summed E-state index contributed by atoms with van der Waals surface area (Å²) in [4.78, 5) is 0. The topological polar surface area (TPSA) is 0 Å². The van der Waals surface area contributed by atoms with Crippen LogP contribution >= 0.6 is 0 Å². The molecule has 0 saturated heterocycles. The van der Waals surface area contributed by atoms with E-state index >= 15 is 0 Å². The molecule has 0 N–H and O–H groups in total. The second-order valence-corrected chi connectivity index (χ2v) is 2.10. The van der Waals surface area contributed by atoms with Gasteiger partial charge >= 0.3 is 0 Å². The first-order chi connectivity index (χ1) is 4.00. The number of hydrogen-bond acceptors (Lipinski definition) is 0. The summed E-state index contributed by atoms with van der Waals surface area (Å²) < 4.78 is 0. The summed E-state index contributed by atoms with van der Waals surface area (Å²) >= 11 is 0. The quantitative estimate of drug-likeness (QED) is 0.389. The van der Waals surface area contributed by atoms with Crippen molar-refractivity contribution in [2.24, 2.45) is 0 Å². The molecule has 0 saturated carbocycles. The predicted octanol–water partition coefficient (Wildman–Crippen LogP) is 2.67. The molecule has 0 fully saturated rings. The zero-order valence-electron chi connectivity index (χ0n) is 5.44. The first-order valence-corrected chi connectivity index (χ1v) is 3.30. The summed E-state index contributed by atoms with van der Waals surface area (Å²) in [5.41, 5.74) is 0. The minimum atomic E-state index is 0. The van der Waals surface area contributed by atoms with Crippen LogP contribution in [-0.4, -0.2) is 0 Å². The summed E-state index contributed by atoms with van der Waals surface area (Å²) in [6.45, 7) is 0. The van der Waals surface area contributed by atoms with Gasteiger partial charge in [-0.05, 0) is 25.7 Å². The van der Waals surface area contributed by atoms with E-state index in [1.807, 2.05) is 0 Å². The van der Waals surface area contributed by atoms with Crippen LogP contribution in [0.5, 0.6) is 0 Å². The second kappa shape index (κ2) is 6.12. The summed E-state index contributed by atoms with van der Waals surface area (Å²) in [6, 6.07) is 0. The van der Waals surface area contributed by atoms with E-state index < -0.39 is 0 Å². The van der Waals surface area contributed by atoms with E-state index in [0.717, 1.165) is 0 Å². The van der Waals surface area contributed by atoms with Crippen LogP contribution in [0.1, 0.15) is 25.7 Å². The molecule has 9 heavy (non-hydrogen) atoms. The molecular weight excluding hydrogens is 160 g/mol. The van der Waals surface area contributed by atoms with Crippen molar-refractivity contribution in [2.75, 3.05) is 0 Å². The predicted molar refractivity (Wildman–Crippen MR) is 36.7 cm³/mol. The largest absolute Gasteiger partial charge is 0.0882 e. The van der Waals surface area contributed by atoms with Gasteiger partial charge in [0.15, 0.2) is 0 Å². The Morgan fingerprint density at radius 3 is 1.00 bits per heavy atom. The standard InChI is InChI=1S/C8H12.Cu/c1-2-4-6-8-7-5-3-1;/h1-2,7-8H,3-6H2;. The Balaban J connectivity index is 0.000000640. The van der Waals surface area contributed by atoms with Crippen molar-refractivity contribution < 1.29 is 17.1 Å². The summed E-state index contributed by atoms with van der Waals surface area (Å²) in [5, 5.41) is 0. The smallest absolute Gasteiger partial charge is 0 e. The Kier molecular flexibility index (Phi) is 6.12. The van der Waals surface area contributed by atoms with Gasteiger partial charge in [-0.2, -0.15) is 0 Å². The zero-order valence-corrected chi connectivity index (χ0v) is 6.38. The Morgan fingerprint density at radius 1 is 0.556 bits per heavy atom. The molecule has 1 radical (unpaired) electrons. The van der Waals surface area contributed by atoms with E-state index in [1.165, 1.54) is 25.7 Å². The Bertz CT molecular complexity index is 77.1. The van der Waals surface area contributed by atoms with Crippen LogP contribution in [-0.2, 0) is 17.1 Å². The van der Waals surface area contributed by atoms with E-state index in [2.05, 4.69) is 24.3 Å². The molecule has 0 amide bonds. The van der Waals surface area contributed by atoms with Crippen LogP contribution in [0.15, 0.2) is 24.3 Å². The van der Waals surface area contributed by atoms with Gasteiger partial charge in [0.1, 0.15) is 0 Å². The normalized spacial score (nSPS) is 17.8. The zero-order chi connectivity index (χ0) is 5.66. The molecule has 0 heterocycles. The average Bonchev–Trinajstić information content (AvgIpc) is 1.62. The number of rotatable bonds is 0. The first kappa shape index (κ1) is 9.00.